The second kappa shape index (κ2) is 15.3. The molecular formula is C18H33O7. The molecule has 1 N–H and O–H groups in total. The van der Waals surface area contributed by atoms with Crippen molar-refractivity contribution in [3.63, 3.8) is 0 Å². The van der Waals surface area contributed by atoms with E-state index in [1.54, 1.807) is 13.8 Å². The number of esters is 1. The summed E-state index contributed by atoms with van der Waals surface area (Å²) in [6, 6.07) is 0. The van der Waals surface area contributed by atoms with Gasteiger partial charge in [-0.15, -0.1) is 0 Å². The van der Waals surface area contributed by atoms with Crippen LogP contribution in [0.1, 0.15) is 27.7 Å². The fraction of sp³-hybridized carbons (Fsp3) is 0.778. The Morgan fingerprint density at radius 2 is 1.60 bits per heavy atom. The maximum atomic E-state index is 11.1. The van der Waals surface area contributed by atoms with Gasteiger partial charge in [-0.25, -0.2) is 4.79 Å². The molecule has 0 aliphatic rings. The van der Waals surface area contributed by atoms with Crippen molar-refractivity contribution in [2.24, 2.45) is 0 Å². The average molecular weight is 361 g/mol. The third kappa shape index (κ3) is 15.0. The van der Waals surface area contributed by atoms with Crippen molar-refractivity contribution in [1.82, 2.24) is 0 Å². The standard InChI is InChI=1S/C18H33O7/c1-6-8-23-15(4)10-21-12-17(24-9-14(3)19)13-22-11-16(5)25-18(20)7-2/h6-7,14-17,19H,2,8-13H2,1,3-5H3. The molecule has 0 aliphatic heterocycles. The lowest BCUT2D eigenvalue weighted by Gasteiger charge is -2.21. The third-order valence-electron chi connectivity index (χ3n) is 2.92. The largest absolute Gasteiger partial charge is 0.457 e. The molecule has 0 saturated heterocycles. The molecule has 0 bridgehead atoms. The second-order valence-electron chi connectivity index (χ2n) is 5.88. The molecule has 0 aromatic heterocycles. The Morgan fingerprint density at radius 1 is 1.00 bits per heavy atom. The van der Waals surface area contributed by atoms with Crippen LogP contribution in [0.25, 0.3) is 0 Å². The van der Waals surface area contributed by atoms with Crippen molar-refractivity contribution >= 4 is 5.97 Å². The summed E-state index contributed by atoms with van der Waals surface area (Å²) in [5, 5.41) is 9.35. The molecule has 0 rings (SSSR count). The van der Waals surface area contributed by atoms with Crippen molar-refractivity contribution < 1.29 is 33.6 Å². The van der Waals surface area contributed by atoms with E-state index in [4.69, 9.17) is 23.7 Å². The Kier molecular flexibility index (Phi) is 14.7. The predicted molar refractivity (Wildman–Crippen MR) is 94.2 cm³/mol. The van der Waals surface area contributed by atoms with Crippen LogP contribution in [-0.2, 0) is 28.5 Å². The smallest absolute Gasteiger partial charge is 0.330 e. The zero-order chi connectivity index (χ0) is 19.1. The van der Waals surface area contributed by atoms with Crippen LogP contribution in [-0.4, -0.2) is 75.1 Å². The van der Waals surface area contributed by atoms with Crippen LogP contribution in [0.4, 0.5) is 0 Å². The van der Waals surface area contributed by atoms with Crippen molar-refractivity contribution in [1.29, 1.82) is 0 Å². The van der Waals surface area contributed by atoms with E-state index in [0.717, 1.165) is 6.08 Å². The SMILES string of the molecule is C=CC(=O)OC(C)COCC(COCC(C)OC[CH]C)OCC(C)O. The number of carbonyl (C=O) groups excluding carboxylic acids is 1. The van der Waals surface area contributed by atoms with E-state index >= 15 is 0 Å². The monoisotopic (exact) mass is 361 g/mol. The minimum Gasteiger partial charge on any atom is -0.457 e. The predicted octanol–water partition coefficient (Wildman–Crippen LogP) is 1.53. The summed E-state index contributed by atoms with van der Waals surface area (Å²) in [6.07, 6.45) is 1.73. The summed E-state index contributed by atoms with van der Waals surface area (Å²) in [5.41, 5.74) is 0. The van der Waals surface area contributed by atoms with Gasteiger partial charge < -0.3 is 28.8 Å². The van der Waals surface area contributed by atoms with Gasteiger partial charge in [-0.1, -0.05) is 13.5 Å². The van der Waals surface area contributed by atoms with Crippen LogP contribution >= 0.6 is 0 Å². The number of aliphatic hydroxyl groups excluding tert-OH is 1. The minimum absolute atomic E-state index is 0.0205. The number of rotatable bonds is 16. The number of aliphatic hydroxyl groups is 1. The Hall–Kier alpha value is -0.990. The molecule has 0 aliphatic carbocycles. The molecule has 0 aromatic rings. The topological polar surface area (TPSA) is 83.5 Å². The lowest BCUT2D eigenvalue weighted by Crippen LogP contribution is -2.32. The van der Waals surface area contributed by atoms with Gasteiger partial charge in [-0.3, -0.25) is 0 Å². The summed E-state index contributed by atoms with van der Waals surface area (Å²) in [4.78, 5) is 11.1. The highest BCUT2D eigenvalue weighted by Gasteiger charge is 2.14. The van der Waals surface area contributed by atoms with Crippen molar-refractivity contribution in [2.45, 2.75) is 52.1 Å². The highest BCUT2D eigenvalue weighted by molar-refractivity contribution is 5.81. The summed E-state index contributed by atoms with van der Waals surface area (Å²) >= 11 is 0. The van der Waals surface area contributed by atoms with Gasteiger partial charge in [-0.05, 0) is 27.2 Å². The molecule has 7 heteroatoms. The normalized spacial score (nSPS) is 16.0. The van der Waals surface area contributed by atoms with Crippen LogP contribution in [0.2, 0.25) is 0 Å². The van der Waals surface area contributed by atoms with E-state index in [9.17, 15) is 9.90 Å². The molecule has 0 fully saturated rings. The number of carbonyl (C=O) groups is 1. The molecule has 147 valence electrons. The Labute approximate surface area is 151 Å². The van der Waals surface area contributed by atoms with E-state index in [1.165, 1.54) is 0 Å². The fourth-order valence-electron chi connectivity index (χ4n) is 1.74. The maximum absolute atomic E-state index is 11.1. The molecule has 4 atom stereocenters. The van der Waals surface area contributed by atoms with Gasteiger partial charge in [0.15, 0.2) is 0 Å². The van der Waals surface area contributed by atoms with E-state index in [1.807, 2.05) is 20.3 Å². The van der Waals surface area contributed by atoms with Crippen molar-refractivity contribution in [2.75, 3.05) is 39.6 Å². The molecule has 25 heavy (non-hydrogen) atoms. The lowest BCUT2D eigenvalue weighted by molar-refractivity contribution is -0.146. The van der Waals surface area contributed by atoms with Gasteiger partial charge >= 0.3 is 5.97 Å². The first kappa shape index (κ1) is 24.0. The maximum Gasteiger partial charge on any atom is 0.330 e. The zero-order valence-corrected chi connectivity index (χ0v) is 15.8. The third-order valence-corrected chi connectivity index (χ3v) is 2.92. The zero-order valence-electron chi connectivity index (χ0n) is 15.8. The van der Waals surface area contributed by atoms with E-state index in [0.29, 0.717) is 19.8 Å². The Balaban J connectivity index is 4.11. The highest BCUT2D eigenvalue weighted by Crippen LogP contribution is 2.02. The van der Waals surface area contributed by atoms with Crippen LogP contribution in [0, 0.1) is 6.42 Å². The van der Waals surface area contributed by atoms with E-state index in [2.05, 4.69) is 6.58 Å². The minimum atomic E-state index is -0.572. The molecule has 7 nitrogen and oxygen atoms in total. The van der Waals surface area contributed by atoms with Crippen LogP contribution in [0.3, 0.4) is 0 Å². The molecule has 1 radical (unpaired) electrons. The lowest BCUT2D eigenvalue weighted by atomic mass is 10.3. The van der Waals surface area contributed by atoms with E-state index < -0.39 is 12.1 Å². The molecule has 0 heterocycles. The Bertz CT molecular complexity index is 346. The molecular weight excluding hydrogens is 328 g/mol. The van der Waals surface area contributed by atoms with Gasteiger partial charge in [0.25, 0.3) is 0 Å². The molecule has 0 amide bonds. The molecule has 4 unspecified atom stereocenters. The number of hydrogen-bond acceptors (Lipinski definition) is 7. The highest BCUT2D eigenvalue weighted by atomic mass is 16.6. The summed E-state index contributed by atoms with van der Waals surface area (Å²) in [5.74, 6) is -0.486. The van der Waals surface area contributed by atoms with Crippen LogP contribution < -0.4 is 0 Å². The summed E-state index contributed by atoms with van der Waals surface area (Å²) in [7, 11) is 0. The summed E-state index contributed by atoms with van der Waals surface area (Å²) in [6.45, 7) is 12.6. The number of hydrogen-bond donors (Lipinski definition) is 1. The first-order valence-electron chi connectivity index (χ1n) is 8.56. The van der Waals surface area contributed by atoms with Crippen molar-refractivity contribution in [3.05, 3.63) is 19.1 Å². The Morgan fingerprint density at radius 3 is 2.12 bits per heavy atom. The van der Waals surface area contributed by atoms with Gasteiger partial charge in [0.2, 0.25) is 0 Å². The number of ether oxygens (including phenoxy) is 5. The molecule has 0 spiro atoms. The first-order chi connectivity index (χ1) is 11.9. The quantitative estimate of drug-likeness (QED) is 0.330. The van der Waals surface area contributed by atoms with Gasteiger partial charge in [0.1, 0.15) is 12.2 Å². The van der Waals surface area contributed by atoms with Gasteiger partial charge in [-0.2, -0.15) is 0 Å². The molecule has 0 aromatic carbocycles. The van der Waals surface area contributed by atoms with Crippen molar-refractivity contribution in [3.8, 4) is 0 Å². The summed E-state index contributed by atoms with van der Waals surface area (Å²) < 4.78 is 27.2. The van der Waals surface area contributed by atoms with Gasteiger partial charge in [0, 0.05) is 12.7 Å². The molecule has 0 saturated carbocycles. The fourth-order valence-corrected chi connectivity index (χ4v) is 1.74. The first-order valence-corrected chi connectivity index (χ1v) is 8.56. The second-order valence-corrected chi connectivity index (χ2v) is 5.88. The van der Waals surface area contributed by atoms with Crippen LogP contribution in [0.15, 0.2) is 12.7 Å². The average Bonchev–Trinajstić information content (AvgIpc) is 2.56. The van der Waals surface area contributed by atoms with Crippen LogP contribution in [0.5, 0.6) is 0 Å². The van der Waals surface area contributed by atoms with Gasteiger partial charge in [0.05, 0.1) is 45.2 Å². The van der Waals surface area contributed by atoms with E-state index in [-0.39, 0.29) is 38.1 Å².